The van der Waals surface area contributed by atoms with Crippen molar-refractivity contribution in [2.45, 2.75) is 12.5 Å². The molecular weight excluding hydrogens is 328 g/mol. The van der Waals surface area contributed by atoms with E-state index in [9.17, 15) is 18.7 Å². The van der Waals surface area contributed by atoms with Gasteiger partial charge in [-0.3, -0.25) is 4.79 Å². The quantitative estimate of drug-likeness (QED) is 0.750. The molecule has 0 spiro atoms. The highest BCUT2D eigenvalue weighted by Crippen LogP contribution is 2.23. The molecule has 0 aliphatic rings. The van der Waals surface area contributed by atoms with Crippen molar-refractivity contribution in [2.24, 2.45) is 0 Å². The van der Waals surface area contributed by atoms with Crippen molar-refractivity contribution in [3.05, 3.63) is 65.2 Å². The van der Waals surface area contributed by atoms with Crippen LogP contribution in [0.5, 0.6) is 0 Å². The third kappa shape index (κ3) is 4.99. The molecule has 2 aromatic carbocycles. The zero-order valence-corrected chi connectivity index (χ0v) is 13.5. The summed E-state index contributed by atoms with van der Waals surface area (Å²) in [5, 5.41) is 24.4. The highest BCUT2D eigenvalue weighted by atomic mass is 19.1. The summed E-state index contributed by atoms with van der Waals surface area (Å²) < 4.78 is 26.7. The number of carbonyl (C=O) groups excluding carboxylic acids is 1. The number of carbonyl (C=O) groups is 1. The van der Waals surface area contributed by atoms with Gasteiger partial charge in [-0.05, 0) is 37.3 Å². The molecule has 0 heterocycles. The Balaban J connectivity index is 1.88. The Labute approximate surface area is 143 Å². The van der Waals surface area contributed by atoms with Gasteiger partial charge in [-0.15, -0.1) is 0 Å². The largest absolute Gasteiger partial charge is 0.383 e. The molecule has 130 valence electrons. The number of benzene rings is 2. The van der Waals surface area contributed by atoms with Crippen LogP contribution in [0.1, 0.15) is 18.1 Å². The van der Waals surface area contributed by atoms with Crippen molar-refractivity contribution >= 4 is 11.6 Å². The number of nitrogens with zero attached hydrogens (tertiary/aromatic N) is 1. The molecule has 25 heavy (non-hydrogen) atoms. The summed E-state index contributed by atoms with van der Waals surface area (Å²) in [5.41, 5.74) is -0.617. The predicted octanol–water partition coefficient (Wildman–Crippen LogP) is 2.27. The molecule has 1 amide bonds. The van der Waals surface area contributed by atoms with E-state index in [0.29, 0.717) is 17.3 Å². The molecule has 0 saturated carbocycles. The number of nitrogens with one attached hydrogen (secondary N) is 2. The van der Waals surface area contributed by atoms with E-state index in [2.05, 4.69) is 10.6 Å². The van der Waals surface area contributed by atoms with E-state index in [-0.39, 0.29) is 18.7 Å². The normalized spacial score (nSPS) is 12.8. The number of hydrogen-bond acceptors (Lipinski definition) is 4. The van der Waals surface area contributed by atoms with Gasteiger partial charge in [0.2, 0.25) is 5.91 Å². The summed E-state index contributed by atoms with van der Waals surface area (Å²) in [6.45, 7) is 1.04. The van der Waals surface area contributed by atoms with E-state index in [1.165, 1.54) is 6.92 Å². The molecule has 0 radical (unpaired) electrons. The maximum Gasteiger partial charge on any atom is 0.239 e. The second kappa shape index (κ2) is 7.73. The van der Waals surface area contributed by atoms with Gasteiger partial charge in [0, 0.05) is 17.3 Å². The lowest BCUT2D eigenvalue weighted by atomic mass is 9.95. The Bertz CT molecular complexity index is 799. The number of anilines is 1. The Hall–Kier alpha value is -2.98. The van der Waals surface area contributed by atoms with E-state index in [1.807, 2.05) is 6.07 Å². The average Bonchev–Trinajstić information content (AvgIpc) is 2.58. The first-order valence-corrected chi connectivity index (χ1v) is 7.50. The van der Waals surface area contributed by atoms with Crippen LogP contribution in [0.2, 0.25) is 0 Å². The maximum absolute atomic E-state index is 13.8. The van der Waals surface area contributed by atoms with E-state index >= 15 is 0 Å². The smallest absolute Gasteiger partial charge is 0.239 e. The molecule has 0 fully saturated rings. The molecular formula is C18H17F2N3O2. The number of aliphatic hydroxyl groups is 1. The SMILES string of the molecule is CC(O)(CNC(=O)CNc1ccc(C#N)cc1)c1ccc(F)cc1F. The van der Waals surface area contributed by atoms with Gasteiger partial charge in [-0.25, -0.2) is 8.78 Å². The fourth-order valence-electron chi connectivity index (χ4n) is 2.20. The van der Waals surface area contributed by atoms with Crippen molar-refractivity contribution in [3.8, 4) is 6.07 Å². The van der Waals surface area contributed by atoms with Crippen LogP contribution in [-0.4, -0.2) is 24.1 Å². The molecule has 0 aliphatic carbocycles. The molecule has 2 aromatic rings. The summed E-state index contributed by atoms with van der Waals surface area (Å²) >= 11 is 0. The van der Waals surface area contributed by atoms with Crippen LogP contribution >= 0.6 is 0 Å². The highest BCUT2D eigenvalue weighted by Gasteiger charge is 2.27. The molecule has 0 bridgehead atoms. The standard InChI is InChI=1S/C18H17F2N3O2/c1-18(25,15-7-4-13(19)8-16(15)20)11-23-17(24)10-22-14-5-2-12(9-21)3-6-14/h2-8,22,25H,10-11H2,1H3,(H,23,24). The minimum absolute atomic E-state index is 0.0616. The van der Waals surface area contributed by atoms with Gasteiger partial charge in [-0.1, -0.05) is 6.07 Å². The lowest BCUT2D eigenvalue weighted by Crippen LogP contribution is -2.41. The van der Waals surface area contributed by atoms with Gasteiger partial charge in [0.15, 0.2) is 0 Å². The summed E-state index contributed by atoms with van der Waals surface area (Å²) in [6.07, 6.45) is 0. The van der Waals surface area contributed by atoms with Gasteiger partial charge < -0.3 is 15.7 Å². The highest BCUT2D eigenvalue weighted by molar-refractivity contribution is 5.80. The number of nitriles is 1. The molecule has 0 saturated heterocycles. The lowest BCUT2D eigenvalue weighted by Gasteiger charge is -2.24. The van der Waals surface area contributed by atoms with Gasteiger partial charge in [0.05, 0.1) is 24.7 Å². The van der Waals surface area contributed by atoms with Gasteiger partial charge in [0.1, 0.15) is 17.2 Å². The summed E-state index contributed by atoms with van der Waals surface area (Å²) in [5.74, 6) is -2.03. The van der Waals surface area contributed by atoms with Crippen LogP contribution in [0.4, 0.5) is 14.5 Å². The van der Waals surface area contributed by atoms with Crippen LogP contribution in [0.15, 0.2) is 42.5 Å². The summed E-state index contributed by atoms with van der Waals surface area (Å²) in [6, 6.07) is 11.4. The Morgan fingerprint density at radius 3 is 2.52 bits per heavy atom. The Morgan fingerprint density at radius 2 is 1.92 bits per heavy atom. The number of halogens is 2. The van der Waals surface area contributed by atoms with E-state index in [1.54, 1.807) is 24.3 Å². The molecule has 1 atom stereocenters. The molecule has 3 N–H and O–H groups in total. The Morgan fingerprint density at radius 1 is 1.24 bits per heavy atom. The molecule has 0 aromatic heterocycles. The lowest BCUT2D eigenvalue weighted by molar-refractivity contribution is -0.120. The summed E-state index contributed by atoms with van der Waals surface area (Å²) in [7, 11) is 0. The minimum Gasteiger partial charge on any atom is -0.383 e. The number of amides is 1. The van der Waals surface area contributed by atoms with Crippen LogP contribution in [-0.2, 0) is 10.4 Å². The molecule has 5 nitrogen and oxygen atoms in total. The van der Waals surface area contributed by atoms with Crippen LogP contribution in [0, 0.1) is 23.0 Å². The minimum atomic E-state index is -1.68. The van der Waals surface area contributed by atoms with Crippen LogP contribution < -0.4 is 10.6 Å². The first-order chi connectivity index (χ1) is 11.8. The summed E-state index contributed by atoms with van der Waals surface area (Å²) in [4.78, 5) is 11.9. The van der Waals surface area contributed by atoms with E-state index in [0.717, 1.165) is 12.1 Å². The molecule has 0 aliphatic heterocycles. The van der Waals surface area contributed by atoms with Crippen LogP contribution in [0.25, 0.3) is 0 Å². The average molecular weight is 345 g/mol. The predicted molar refractivity (Wildman–Crippen MR) is 88.6 cm³/mol. The fraction of sp³-hybridized carbons (Fsp3) is 0.222. The molecule has 1 unspecified atom stereocenters. The Kier molecular flexibility index (Phi) is 5.67. The van der Waals surface area contributed by atoms with E-state index in [4.69, 9.17) is 5.26 Å². The third-order valence-corrected chi connectivity index (χ3v) is 3.61. The maximum atomic E-state index is 13.8. The van der Waals surface area contributed by atoms with Gasteiger partial charge >= 0.3 is 0 Å². The zero-order chi connectivity index (χ0) is 18.4. The van der Waals surface area contributed by atoms with Crippen molar-refractivity contribution in [1.29, 1.82) is 5.26 Å². The second-order valence-corrected chi connectivity index (χ2v) is 5.72. The molecule has 2 rings (SSSR count). The number of rotatable bonds is 6. The second-order valence-electron chi connectivity index (χ2n) is 5.72. The number of hydrogen-bond donors (Lipinski definition) is 3. The topological polar surface area (TPSA) is 85.2 Å². The first-order valence-electron chi connectivity index (χ1n) is 7.50. The van der Waals surface area contributed by atoms with Crippen LogP contribution in [0.3, 0.4) is 0 Å². The fourth-order valence-corrected chi connectivity index (χ4v) is 2.20. The van der Waals surface area contributed by atoms with Crippen molar-refractivity contribution < 1.29 is 18.7 Å². The van der Waals surface area contributed by atoms with Gasteiger partial charge in [-0.2, -0.15) is 5.26 Å². The van der Waals surface area contributed by atoms with E-state index < -0.39 is 23.1 Å². The zero-order valence-electron chi connectivity index (χ0n) is 13.5. The van der Waals surface area contributed by atoms with Gasteiger partial charge in [0.25, 0.3) is 0 Å². The van der Waals surface area contributed by atoms with Crippen molar-refractivity contribution in [2.75, 3.05) is 18.4 Å². The monoisotopic (exact) mass is 345 g/mol. The van der Waals surface area contributed by atoms with Crippen molar-refractivity contribution in [1.82, 2.24) is 5.32 Å². The third-order valence-electron chi connectivity index (χ3n) is 3.61. The van der Waals surface area contributed by atoms with Crippen molar-refractivity contribution in [3.63, 3.8) is 0 Å². The first kappa shape index (κ1) is 18.4. The molecule has 7 heteroatoms.